The molecule has 0 aliphatic carbocycles. The van der Waals surface area contributed by atoms with E-state index in [1.165, 1.54) is 16.8 Å². The molecule has 25 heavy (non-hydrogen) atoms. The number of hydrogen-bond acceptors (Lipinski definition) is 3. The van der Waals surface area contributed by atoms with Crippen molar-refractivity contribution in [2.75, 3.05) is 18.1 Å². The highest BCUT2D eigenvalue weighted by molar-refractivity contribution is 5.97. The Morgan fingerprint density at radius 1 is 0.920 bits per heavy atom. The van der Waals surface area contributed by atoms with Crippen LogP contribution in [0.4, 0.5) is 5.69 Å². The van der Waals surface area contributed by atoms with Crippen molar-refractivity contribution in [1.29, 1.82) is 5.26 Å². The fourth-order valence-electron chi connectivity index (χ4n) is 3.69. The summed E-state index contributed by atoms with van der Waals surface area (Å²) in [5.41, 5.74) is 4.64. The molecule has 1 aliphatic heterocycles. The van der Waals surface area contributed by atoms with Crippen LogP contribution in [0.1, 0.15) is 23.1 Å². The standard InChI is InChI=1S/C22H21N3/c1-17-7-2-3-8-19(17)16-24-13-6-14-25(24)22-12-11-18(15-23)20-9-4-5-10-21(20)22/h2-5,7-12H,6,13-14,16H2,1H3. The number of nitrogens with zero attached hydrogens (tertiary/aromatic N) is 3. The smallest absolute Gasteiger partial charge is 0.0998 e. The highest BCUT2D eigenvalue weighted by atomic mass is 15.6. The SMILES string of the molecule is Cc1ccccc1CN1CCCN1c1ccc(C#N)c2ccccc12. The summed E-state index contributed by atoms with van der Waals surface area (Å²) in [5.74, 6) is 0. The van der Waals surface area contributed by atoms with Crippen LogP contribution in [-0.4, -0.2) is 18.1 Å². The molecule has 0 spiro atoms. The maximum atomic E-state index is 9.40. The average Bonchev–Trinajstić information content (AvgIpc) is 3.10. The third-order valence-electron chi connectivity index (χ3n) is 5.04. The van der Waals surface area contributed by atoms with Crippen LogP contribution in [0.5, 0.6) is 0 Å². The highest BCUT2D eigenvalue weighted by Crippen LogP contribution is 2.32. The van der Waals surface area contributed by atoms with Gasteiger partial charge in [0.05, 0.1) is 17.3 Å². The first-order valence-electron chi connectivity index (χ1n) is 8.76. The minimum Gasteiger partial charge on any atom is -0.305 e. The van der Waals surface area contributed by atoms with E-state index in [1.807, 2.05) is 18.2 Å². The second-order valence-electron chi connectivity index (χ2n) is 6.58. The lowest BCUT2D eigenvalue weighted by Gasteiger charge is -2.31. The fraction of sp³-hybridized carbons (Fsp3) is 0.227. The number of hydrazine groups is 1. The van der Waals surface area contributed by atoms with Gasteiger partial charge in [-0.25, -0.2) is 5.01 Å². The molecule has 0 unspecified atom stereocenters. The van der Waals surface area contributed by atoms with Gasteiger partial charge in [-0.2, -0.15) is 5.26 Å². The molecule has 0 bridgehead atoms. The largest absolute Gasteiger partial charge is 0.305 e. The number of benzene rings is 3. The van der Waals surface area contributed by atoms with E-state index in [2.05, 4.69) is 65.5 Å². The molecule has 3 nitrogen and oxygen atoms in total. The summed E-state index contributed by atoms with van der Waals surface area (Å²) in [6.45, 7) is 5.16. The summed E-state index contributed by atoms with van der Waals surface area (Å²) in [7, 11) is 0. The zero-order chi connectivity index (χ0) is 17.2. The van der Waals surface area contributed by atoms with E-state index in [4.69, 9.17) is 0 Å². The number of anilines is 1. The van der Waals surface area contributed by atoms with Gasteiger partial charge < -0.3 is 5.01 Å². The Hall–Kier alpha value is -2.83. The molecule has 3 aromatic rings. The van der Waals surface area contributed by atoms with Crippen LogP contribution in [-0.2, 0) is 6.54 Å². The van der Waals surface area contributed by atoms with E-state index in [-0.39, 0.29) is 0 Å². The van der Waals surface area contributed by atoms with Crippen LogP contribution in [0.2, 0.25) is 0 Å². The summed E-state index contributed by atoms with van der Waals surface area (Å²) in [6.07, 6.45) is 1.15. The fourth-order valence-corrected chi connectivity index (χ4v) is 3.69. The maximum absolute atomic E-state index is 9.40. The van der Waals surface area contributed by atoms with Gasteiger partial charge in [-0.05, 0) is 36.6 Å². The number of hydrogen-bond donors (Lipinski definition) is 0. The molecule has 0 radical (unpaired) electrons. The molecular weight excluding hydrogens is 306 g/mol. The van der Waals surface area contributed by atoms with E-state index >= 15 is 0 Å². The Morgan fingerprint density at radius 2 is 1.68 bits per heavy atom. The number of fused-ring (bicyclic) bond motifs is 1. The normalized spacial score (nSPS) is 14.8. The van der Waals surface area contributed by atoms with E-state index in [1.54, 1.807) is 0 Å². The average molecular weight is 327 g/mol. The molecule has 1 heterocycles. The number of nitriles is 1. The highest BCUT2D eigenvalue weighted by Gasteiger charge is 2.24. The lowest BCUT2D eigenvalue weighted by Crippen LogP contribution is -2.36. The lowest BCUT2D eigenvalue weighted by molar-refractivity contribution is 0.303. The van der Waals surface area contributed by atoms with Crippen molar-refractivity contribution in [3.8, 4) is 6.07 Å². The maximum Gasteiger partial charge on any atom is 0.0998 e. The molecule has 124 valence electrons. The predicted octanol–water partition coefficient (Wildman–Crippen LogP) is 4.65. The Morgan fingerprint density at radius 3 is 2.48 bits per heavy atom. The van der Waals surface area contributed by atoms with Gasteiger partial charge in [0.2, 0.25) is 0 Å². The molecule has 0 amide bonds. The first-order valence-corrected chi connectivity index (χ1v) is 8.76. The van der Waals surface area contributed by atoms with Crippen molar-refractivity contribution in [1.82, 2.24) is 5.01 Å². The van der Waals surface area contributed by atoms with Crippen molar-refractivity contribution in [2.45, 2.75) is 19.9 Å². The van der Waals surface area contributed by atoms with Crippen LogP contribution >= 0.6 is 0 Å². The zero-order valence-electron chi connectivity index (χ0n) is 14.4. The van der Waals surface area contributed by atoms with E-state index in [9.17, 15) is 5.26 Å². The van der Waals surface area contributed by atoms with Gasteiger partial charge in [0.15, 0.2) is 0 Å². The van der Waals surface area contributed by atoms with Crippen LogP contribution in [0.25, 0.3) is 10.8 Å². The second kappa shape index (κ2) is 6.58. The monoisotopic (exact) mass is 327 g/mol. The number of aryl methyl sites for hydroxylation is 1. The van der Waals surface area contributed by atoms with Crippen LogP contribution in [0, 0.1) is 18.3 Å². The summed E-state index contributed by atoms with van der Waals surface area (Å²) < 4.78 is 0. The van der Waals surface area contributed by atoms with Crippen molar-refractivity contribution in [3.05, 3.63) is 77.4 Å². The van der Waals surface area contributed by atoms with Crippen molar-refractivity contribution < 1.29 is 0 Å². The molecule has 3 heteroatoms. The third-order valence-corrected chi connectivity index (χ3v) is 5.04. The van der Waals surface area contributed by atoms with Crippen LogP contribution < -0.4 is 5.01 Å². The molecular formula is C22H21N3. The van der Waals surface area contributed by atoms with Crippen LogP contribution in [0.15, 0.2) is 60.7 Å². The molecule has 1 aliphatic rings. The van der Waals surface area contributed by atoms with Gasteiger partial charge in [0.25, 0.3) is 0 Å². The third kappa shape index (κ3) is 2.86. The summed E-state index contributed by atoms with van der Waals surface area (Å²) in [6, 6.07) is 23.2. The lowest BCUT2D eigenvalue weighted by atomic mass is 10.0. The minimum atomic E-state index is 0.740. The van der Waals surface area contributed by atoms with Gasteiger partial charge in [-0.15, -0.1) is 0 Å². The first-order chi connectivity index (χ1) is 12.3. The molecule has 0 aromatic heterocycles. The van der Waals surface area contributed by atoms with Gasteiger partial charge in [0, 0.05) is 30.4 Å². The summed E-state index contributed by atoms with van der Waals surface area (Å²) in [5, 5.41) is 16.4. The molecule has 1 fully saturated rings. The second-order valence-corrected chi connectivity index (χ2v) is 6.58. The minimum absolute atomic E-state index is 0.740. The molecule has 4 rings (SSSR count). The quantitative estimate of drug-likeness (QED) is 0.701. The Bertz CT molecular complexity index is 955. The number of rotatable bonds is 3. The Balaban J connectivity index is 1.73. The summed E-state index contributed by atoms with van der Waals surface area (Å²) >= 11 is 0. The summed E-state index contributed by atoms with van der Waals surface area (Å²) in [4.78, 5) is 0. The molecule has 0 atom stereocenters. The van der Waals surface area contributed by atoms with Crippen LogP contribution in [0.3, 0.4) is 0 Å². The van der Waals surface area contributed by atoms with Gasteiger partial charge >= 0.3 is 0 Å². The first kappa shape index (κ1) is 15.7. The van der Waals surface area contributed by atoms with E-state index in [0.29, 0.717) is 0 Å². The van der Waals surface area contributed by atoms with Crippen molar-refractivity contribution >= 4 is 16.5 Å². The van der Waals surface area contributed by atoms with E-state index < -0.39 is 0 Å². The molecule has 0 N–H and O–H groups in total. The van der Waals surface area contributed by atoms with Crippen molar-refractivity contribution in [3.63, 3.8) is 0 Å². The van der Waals surface area contributed by atoms with Crippen molar-refractivity contribution in [2.24, 2.45) is 0 Å². The zero-order valence-corrected chi connectivity index (χ0v) is 14.4. The molecule has 0 saturated carbocycles. The van der Waals surface area contributed by atoms with Gasteiger partial charge in [-0.1, -0.05) is 48.5 Å². The Labute approximate surface area is 148 Å². The Kier molecular flexibility index (Phi) is 4.13. The topological polar surface area (TPSA) is 30.3 Å². The molecule has 1 saturated heterocycles. The predicted molar refractivity (Wildman–Crippen MR) is 102 cm³/mol. The van der Waals surface area contributed by atoms with Gasteiger partial charge in [-0.3, -0.25) is 0 Å². The van der Waals surface area contributed by atoms with Gasteiger partial charge in [0.1, 0.15) is 0 Å². The van der Waals surface area contributed by atoms with E-state index in [0.717, 1.165) is 42.4 Å². The molecule has 3 aromatic carbocycles.